The number of nitriles is 1. The second-order valence-electron chi connectivity index (χ2n) is 8.89. The molecule has 1 heterocycles. The zero-order valence-corrected chi connectivity index (χ0v) is 19.7. The molecule has 3 rings (SSSR count). The van der Waals surface area contributed by atoms with Crippen LogP contribution in [0.1, 0.15) is 104 Å². The van der Waals surface area contributed by atoms with Crippen LogP contribution in [0, 0.1) is 18.3 Å². The van der Waals surface area contributed by atoms with Crippen molar-refractivity contribution in [2.24, 2.45) is 0 Å². The van der Waals surface area contributed by atoms with Crippen molar-refractivity contribution < 1.29 is 14.6 Å². The highest BCUT2D eigenvalue weighted by molar-refractivity contribution is 6.11. The molecule has 0 radical (unpaired) electrons. The van der Waals surface area contributed by atoms with Gasteiger partial charge in [0, 0.05) is 11.6 Å². The number of rotatable bonds is 10. The van der Waals surface area contributed by atoms with Gasteiger partial charge < -0.3 is 9.84 Å². The molecular formula is C27H34N2O4. The van der Waals surface area contributed by atoms with E-state index < -0.39 is 11.3 Å². The van der Waals surface area contributed by atoms with Crippen LogP contribution >= 0.6 is 0 Å². The van der Waals surface area contributed by atoms with Gasteiger partial charge in [-0.25, -0.2) is 0 Å². The summed E-state index contributed by atoms with van der Waals surface area (Å²) in [5.74, 6) is -0.0501. The smallest absolute Gasteiger partial charge is 0.271 e. The lowest BCUT2D eigenvalue weighted by atomic mass is 9.93. The molecule has 0 amide bonds. The van der Waals surface area contributed by atoms with E-state index in [9.17, 15) is 20.0 Å². The molecule has 0 spiro atoms. The largest absolute Gasteiger partial charge is 0.494 e. The van der Waals surface area contributed by atoms with Crippen LogP contribution in [-0.2, 0) is 0 Å². The Labute approximate surface area is 195 Å². The third-order valence-corrected chi connectivity index (χ3v) is 6.55. The summed E-state index contributed by atoms with van der Waals surface area (Å²) in [6, 6.07) is 8.57. The van der Waals surface area contributed by atoms with Crippen LogP contribution in [0.4, 0.5) is 0 Å². The van der Waals surface area contributed by atoms with Gasteiger partial charge >= 0.3 is 0 Å². The van der Waals surface area contributed by atoms with E-state index in [1.165, 1.54) is 23.8 Å². The van der Waals surface area contributed by atoms with Gasteiger partial charge in [0.05, 0.1) is 12.2 Å². The highest BCUT2D eigenvalue weighted by atomic mass is 16.5. The molecule has 2 aromatic rings. The maximum Gasteiger partial charge on any atom is 0.271 e. The molecule has 33 heavy (non-hydrogen) atoms. The number of hydrogen-bond acceptors (Lipinski definition) is 5. The summed E-state index contributed by atoms with van der Waals surface area (Å²) in [5, 5.41) is 20.6. The van der Waals surface area contributed by atoms with Gasteiger partial charge in [0.25, 0.3) is 5.56 Å². The Morgan fingerprint density at radius 3 is 2.42 bits per heavy atom. The van der Waals surface area contributed by atoms with Gasteiger partial charge in [0.15, 0.2) is 5.78 Å². The lowest BCUT2D eigenvalue weighted by molar-refractivity contribution is 0.103. The highest BCUT2D eigenvalue weighted by Gasteiger charge is 2.28. The van der Waals surface area contributed by atoms with Gasteiger partial charge in [-0.15, -0.1) is 0 Å². The lowest BCUT2D eigenvalue weighted by Crippen LogP contribution is -2.31. The number of ether oxygens (including phenoxy) is 1. The monoisotopic (exact) mass is 450 g/mol. The molecule has 1 N–H and O–H groups in total. The van der Waals surface area contributed by atoms with Crippen LogP contribution in [-0.4, -0.2) is 22.1 Å². The van der Waals surface area contributed by atoms with Gasteiger partial charge in [0.2, 0.25) is 5.88 Å². The van der Waals surface area contributed by atoms with Crippen LogP contribution in [0.25, 0.3) is 0 Å². The van der Waals surface area contributed by atoms with Crippen molar-refractivity contribution in [2.75, 3.05) is 6.61 Å². The van der Waals surface area contributed by atoms with Crippen molar-refractivity contribution >= 4 is 5.78 Å². The fourth-order valence-electron chi connectivity index (χ4n) is 4.61. The molecular weight excluding hydrogens is 416 g/mol. The summed E-state index contributed by atoms with van der Waals surface area (Å²) in [5.41, 5.74) is 0.0376. The number of carbonyl (C=O) groups is 1. The zero-order chi connectivity index (χ0) is 23.8. The molecule has 1 aromatic carbocycles. The van der Waals surface area contributed by atoms with Gasteiger partial charge in [-0.05, 0) is 56.0 Å². The number of nitrogens with zero attached hydrogens (tertiary/aromatic N) is 2. The highest BCUT2D eigenvalue weighted by Crippen LogP contribution is 2.33. The zero-order valence-electron chi connectivity index (χ0n) is 19.7. The third kappa shape index (κ3) is 5.65. The minimum Gasteiger partial charge on any atom is -0.494 e. The van der Waals surface area contributed by atoms with Crippen molar-refractivity contribution in [1.82, 2.24) is 4.57 Å². The Kier molecular flexibility index (Phi) is 8.71. The molecule has 6 heteroatoms. The summed E-state index contributed by atoms with van der Waals surface area (Å²) in [7, 11) is 0. The van der Waals surface area contributed by atoms with E-state index >= 15 is 0 Å². The number of carbonyl (C=O) groups excluding carboxylic acids is 1. The van der Waals surface area contributed by atoms with Crippen molar-refractivity contribution in [3.05, 3.63) is 56.9 Å². The number of aromatic nitrogens is 1. The number of unbranched alkanes of at least 4 members (excludes halogenated alkanes) is 4. The Balaban J connectivity index is 1.83. The first-order valence-corrected chi connectivity index (χ1v) is 12.1. The molecule has 1 saturated carbocycles. The summed E-state index contributed by atoms with van der Waals surface area (Å²) in [4.78, 5) is 26.3. The first kappa shape index (κ1) is 24.6. The van der Waals surface area contributed by atoms with E-state index in [-0.39, 0.29) is 28.6 Å². The fraction of sp³-hybridized carbons (Fsp3) is 0.519. The number of pyridine rings is 1. The van der Waals surface area contributed by atoms with E-state index in [2.05, 4.69) is 6.92 Å². The minimum absolute atomic E-state index is 0.0290. The average Bonchev–Trinajstić information content (AvgIpc) is 2.82. The molecule has 1 aromatic heterocycles. The van der Waals surface area contributed by atoms with Gasteiger partial charge in [-0.2, -0.15) is 5.26 Å². The topological polar surface area (TPSA) is 92.3 Å². The molecule has 0 bridgehead atoms. The van der Waals surface area contributed by atoms with Gasteiger partial charge in [-0.1, -0.05) is 51.9 Å². The Morgan fingerprint density at radius 1 is 1.12 bits per heavy atom. The van der Waals surface area contributed by atoms with Crippen LogP contribution in [0.15, 0.2) is 29.1 Å². The van der Waals surface area contributed by atoms with Crippen LogP contribution < -0.4 is 10.3 Å². The predicted molar refractivity (Wildman–Crippen MR) is 128 cm³/mol. The van der Waals surface area contributed by atoms with Crippen LogP contribution in [0.5, 0.6) is 11.6 Å². The number of aromatic hydroxyl groups is 1. The van der Waals surface area contributed by atoms with Crippen LogP contribution in [0.2, 0.25) is 0 Å². The molecule has 0 aliphatic heterocycles. The van der Waals surface area contributed by atoms with E-state index in [1.807, 2.05) is 6.07 Å². The first-order valence-electron chi connectivity index (χ1n) is 12.1. The summed E-state index contributed by atoms with van der Waals surface area (Å²) in [6.07, 6.45) is 10.3. The Morgan fingerprint density at radius 2 is 1.79 bits per heavy atom. The SMILES string of the molecule is CCCCCCCOc1ccc(C(=O)c2c(C)c(C#N)c(=O)n(C3CCCCC3)c2O)cc1. The van der Waals surface area contributed by atoms with E-state index in [0.717, 1.165) is 44.9 Å². The summed E-state index contributed by atoms with van der Waals surface area (Å²) in [6.45, 7) is 4.37. The fourth-order valence-corrected chi connectivity index (χ4v) is 4.61. The quantitative estimate of drug-likeness (QED) is 0.364. The third-order valence-electron chi connectivity index (χ3n) is 6.55. The molecule has 0 saturated heterocycles. The standard InChI is InChI=1S/C27H34N2O4/c1-3-4-5-6-10-17-33-22-15-13-20(14-16-22)25(30)24-19(2)23(18-28)26(31)29(27(24)32)21-11-8-7-9-12-21/h13-16,21,32H,3-12,17H2,1-2H3. The predicted octanol–water partition coefficient (Wildman–Crippen LogP) is 5.82. The van der Waals surface area contributed by atoms with Crippen molar-refractivity contribution in [3.8, 4) is 17.7 Å². The summed E-state index contributed by atoms with van der Waals surface area (Å²) >= 11 is 0. The average molecular weight is 451 g/mol. The van der Waals surface area contributed by atoms with Gasteiger partial charge in [0.1, 0.15) is 17.4 Å². The molecule has 0 atom stereocenters. The van der Waals surface area contributed by atoms with E-state index in [4.69, 9.17) is 4.74 Å². The minimum atomic E-state index is -0.515. The van der Waals surface area contributed by atoms with Crippen molar-refractivity contribution in [2.45, 2.75) is 84.1 Å². The summed E-state index contributed by atoms with van der Waals surface area (Å²) < 4.78 is 7.05. The molecule has 6 nitrogen and oxygen atoms in total. The van der Waals surface area contributed by atoms with E-state index in [0.29, 0.717) is 17.9 Å². The number of benzene rings is 1. The maximum absolute atomic E-state index is 13.3. The van der Waals surface area contributed by atoms with Crippen molar-refractivity contribution in [3.63, 3.8) is 0 Å². The Hall–Kier alpha value is -3.07. The number of hydrogen-bond donors (Lipinski definition) is 1. The van der Waals surface area contributed by atoms with E-state index in [1.54, 1.807) is 31.2 Å². The molecule has 176 valence electrons. The first-order chi connectivity index (χ1) is 16.0. The molecule has 1 aliphatic carbocycles. The number of ketones is 1. The van der Waals surface area contributed by atoms with Gasteiger partial charge in [-0.3, -0.25) is 14.2 Å². The maximum atomic E-state index is 13.3. The molecule has 1 fully saturated rings. The molecule has 0 unspecified atom stereocenters. The molecule has 1 aliphatic rings. The second kappa shape index (κ2) is 11.7. The Bertz CT molecular complexity index is 1060. The van der Waals surface area contributed by atoms with Crippen LogP contribution in [0.3, 0.4) is 0 Å². The second-order valence-corrected chi connectivity index (χ2v) is 8.89. The lowest BCUT2D eigenvalue weighted by Gasteiger charge is -2.26. The normalized spacial score (nSPS) is 14.1. The van der Waals surface area contributed by atoms with Crippen molar-refractivity contribution in [1.29, 1.82) is 5.26 Å².